The lowest BCUT2D eigenvalue weighted by Gasteiger charge is -2.06. The highest BCUT2D eigenvalue weighted by Crippen LogP contribution is 2.24. The van der Waals surface area contributed by atoms with Crippen molar-refractivity contribution in [1.29, 1.82) is 0 Å². The van der Waals surface area contributed by atoms with Crippen molar-refractivity contribution >= 4 is 29.3 Å². The lowest BCUT2D eigenvalue weighted by atomic mass is 10.3. The fraction of sp³-hybridized carbons (Fsp3) is 0.400. The Hall–Kier alpha value is -0.740. The van der Waals surface area contributed by atoms with Crippen molar-refractivity contribution in [2.75, 3.05) is 12.4 Å². The fourth-order valence-electron chi connectivity index (χ4n) is 1.04. The van der Waals surface area contributed by atoms with E-state index in [9.17, 15) is 4.79 Å². The number of hydrogen-bond donors (Lipinski definition) is 0. The maximum absolute atomic E-state index is 11.5. The summed E-state index contributed by atoms with van der Waals surface area (Å²) in [6.45, 7) is 4.11. The first kappa shape index (κ1) is 12.3. The molecule has 1 aromatic heterocycles. The standard InChI is InChI=1S/C10H12ClNO2S/c1-3-14-10(13)9-8(15-4-2)5-7(11)6-12-9/h5-6H,3-4H2,1-2H3. The van der Waals surface area contributed by atoms with E-state index in [-0.39, 0.29) is 0 Å². The highest BCUT2D eigenvalue weighted by atomic mass is 35.5. The number of esters is 1. The van der Waals surface area contributed by atoms with Crippen molar-refractivity contribution in [2.45, 2.75) is 18.7 Å². The Morgan fingerprint density at radius 2 is 2.33 bits per heavy atom. The molecular weight excluding hydrogens is 234 g/mol. The summed E-state index contributed by atoms with van der Waals surface area (Å²) < 4.78 is 4.90. The summed E-state index contributed by atoms with van der Waals surface area (Å²) in [4.78, 5) is 16.3. The van der Waals surface area contributed by atoms with Gasteiger partial charge in [0.15, 0.2) is 5.69 Å². The Balaban J connectivity index is 2.99. The van der Waals surface area contributed by atoms with Gasteiger partial charge >= 0.3 is 5.97 Å². The van der Waals surface area contributed by atoms with Gasteiger partial charge in [-0.1, -0.05) is 18.5 Å². The second kappa shape index (κ2) is 5.98. The van der Waals surface area contributed by atoms with Gasteiger partial charge in [-0.15, -0.1) is 11.8 Å². The van der Waals surface area contributed by atoms with Gasteiger partial charge in [-0.2, -0.15) is 0 Å². The Labute approximate surface area is 98.2 Å². The lowest BCUT2D eigenvalue weighted by molar-refractivity contribution is 0.0515. The van der Waals surface area contributed by atoms with Crippen LogP contribution in [0.3, 0.4) is 0 Å². The fourth-order valence-corrected chi connectivity index (χ4v) is 2.06. The number of pyridine rings is 1. The van der Waals surface area contributed by atoms with E-state index in [4.69, 9.17) is 16.3 Å². The van der Waals surface area contributed by atoms with E-state index in [2.05, 4.69) is 4.98 Å². The van der Waals surface area contributed by atoms with Crippen molar-refractivity contribution in [1.82, 2.24) is 4.98 Å². The molecule has 0 bridgehead atoms. The third-order valence-electron chi connectivity index (χ3n) is 1.59. The molecule has 82 valence electrons. The molecule has 0 aromatic carbocycles. The maximum Gasteiger partial charge on any atom is 0.358 e. The van der Waals surface area contributed by atoms with Crippen LogP contribution in [0.1, 0.15) is 24.3 Å². The number of aromatic nitrogens is 1. The van der Waals surface area contributed by atoms with Crippen molar-refractivity contribution in [2.24, 2.45) is 0 Å². The van der Waals surface area contributed by atoms with Gasteiger partial charge in [-0.3, -0.25) is 0 Å². The van der Waals surface area contributed by atoms with E-state index in [1.807, 2.05) is 6.92 Å². The largest absolute Gasteiger partial charge is 0.461 e. The molecule has 0 atom stereocenters. The third-order valence-corrected chi connectivity index (χ3v) is 2.71. The number of rotatable bonds is 4. The molecule has 1 heterocycles. The average Bonchev–Trinajstić information content (AvgIpc) is 2.18. The van der Waals surface area contributed by atoms with Gasteiger partial charge < -0.3 is 4.74 Å². The van der Waals surface area contributed by atoms with Crippen molar-refractivity contribution in [3.8, 4) is 0 Å². The van der Waals surface area contributed by atoms with E-state index in [0.717, 1.165) is 10.6 Å². The molecule has 0 unspecified atom stereocenters. The Morgan fingerprint density at radius 1 is 1.60 bits per heavy atom. The summed E-state index contributed by atoms with van der Waals surface area (Å²) in [6, 6.07) is 1.73. The van der Waals surface area contributed by atoms with E-state index in [1.165, 1.54) is 18.0 Å². The summed E-state index contributed by atoms with van der Waals surface area (Å²) in [5, 5.41) is 0.527. The molecule has 0 aliphatic carbocycles. The molecule has 15 heavy (non-hydrogen) atoms. The smallest absolute Gasteiger partial charge is 0.358 e. The van der Waals surface area contributed by atoms with Crippen molar-refractivity contribution < 1.29 is 9.53 Å². The van der Waals surface area contributed by atoms with E-state index in [0.29, 0.717) is 17.3 Å². The predicted octanol–water partition coefficient (Wildman–Crippen LogP) is 3.02. The summed E-state index contributed by atoms with van der Waals surface area (Å²) in [5.74, 6) is 0.458. The van der Waals surface area contributed by atoms with Crippen LogP contribution >= 0.6 is 23.4 Å². The predicted molar refractivity (Wildman–Crippen MR) is 61.6 cm³/mol. The molecule has 0 saturated carbocycles. The van der Waals surface area contributed by atoms with Gasteiger partial charge in [0.05, 0.1) is 11.6 Å². The third kappa shape index (κ3) is 3.39. The zero-order valence-electron chi connectivity index (χ0n) is 8.62. The monoisotopic (exact) mass is 245 g/mol. The SMILES string of the molecule is CCOC(=O)c1ncc(Cl)cc1SCC. The van der Waals surface area contributed by atoms with Gasteiger partial charge in [0.1, 0.15) is 0 Å². The van der Waals surface area contributed by atoms with Gasteiger partial charge in [-0.25, -0.2) is 9.78 Å². The molecular formula is C10H12ClNO2S. The molecule has 0 aliphatic rings. The second-order valence-corrected chi connectivity index (χ2v) is 4.40. The summed E-state index contributed by atoms with van der Waals surface area (Å²) in [6.07, 6.45) is 1.45. The maximum atomic E-state index is 11.5. The molecule has 1 aromatic rings. The lowest BCUT2D eigenvalue weighted by Crippen LogP contribution is -2.08. The molecule has 0 saturated heterocycles. The molecule has 0 aliphatic heterocycles. The second-order valence-electron chi connectivity index (χ2n) is 2.65. The molecule has 0 spiro atoms. The number of nitrogens with zero attached hydrogens (tertiary/aromatic N) is 1. The molecule has 3 nitrogen and oxygen atoms in total. The minimum absolute atomic E-state index is 0.341. The Morgan fingerprint density at radius 3 is 2.93 bits per heavy atom. The topological polar surface area (TPSA) is 39.2 Å². The van der Waals surface area contributed by atoms with Crippen LogP contribution in [0.4, 0.5) is 0 Å². The Kier molecular flexibility index (Phi) is 4.91. The first-order valence-corrected chi connectivity index (χ1v) is 6.00. The van der Waals surface area contributed by atoms with Crippen LogP contribution in [0.2, 0.25) is 5.02 Å². The van der Waals surface area contributed by atoms with Crippen LogP contribution < -0.4 is 0 Å². The van der Waals surface area contributed by atoms with E-state index >= 15 is 0 Å². The van der Waals surface area contributed by atoms with E-state index in [1.54, 1.807) is 13.0 Å². The van der Waals surface area contributed by atoms with E-state index < -0.39 is 5.97 Å². The van der Waals surface area contributed by atoms with Gasteiger partial charge in [-0.05, 0) is 18.7 Å². The molecule has 0 radical (unpaired) electrons. The summed E-state index contributed by atoms with van der Waals surface area (Å²) in [5.41, 5.74) is 0.341. The highest BCUT2D eigenvalue weighted by molar-refractivity contribution is 7.99. The molecule has 0 fully saturated rings. The summed E-state index contributed by atoms with van der Waals surface area (Å²) in [7, 11) is 0. The van der Waals surface area contributed by atoms with Crippen molar-refractivity contribution in [3.63, 3.8) is 0 Å². The first-order valence-electron chi connectivity index (χ1n) is 4.64. The number of hydrogen-bond acceptors (Lipinski definition) is 4. The minimum atomic E-state index is -0.398. The number of thioether (sulfide) groups is 1. The molecule has 5 heteroatoms. The first-order chi connectivity index (χ1) is 7.19. The van der Waals surface area contributed by atoms with Crippen LogP contribution in [0.15, 0.2) is 17.2 Å². The van der Waals surface area contributed by atoms with Crippen LogP contribution in [-0.4, -0.2) is 23.3 Å². The zero-order chi connectivity index (χ0) is 11.3. The zero-order valence-corrected chi connectivity index (χ0v) is 10.2. The number of halogens is 1. The molecule has 0 N–H and O–H groups in total. The number of carbonyl (C=O) groups excluding carboxylic acids is 1. The highest BCUT2D eigenvalue weighted by Gasteiger charge is 2.14. The van der Waals surface area contributed by atoms with Crippen LogP contribution in [0.5, 0.6) is 0 Å². The average molecular weight is 246 g/mol. The van der Waals surface area contributed by atoms with Crippen molar-refractivity contribution in [3.05, 3.63) is 23.0 Å². The van der Waals surface area contributed by atoms with Crippen LogP contribution in [0.25, 0.3) is 0 Å². The summed E-state index contributed by atoms with van der Waals surface area (Å²) >= 11 is 7.33. The minimum Gasteiger partial charge on any atom is -0.461 e. The molecule has 1 rings (SSSR count). The van der Waals surface area contributed by atoms with Gasteiger partial charge in [0, 0.05) is 11.1 Å². The number of ether oxygens (including phenoxy) is 1. The molecule has 0 amide bonds. The van der Waals surface area contributed by atoms with Crippen LogP contribution in [0, 0.1) is 0 Å². The van der Waals surface area contributed by atoms with Crippen LogP contribution in [-0.2, 0) is 4.74 Å². The quantitative estimate of drug-likeness (QED) is 0.604. The van der Waals surface area contributed by atoms with Gasteiger partial charge in [0.2, 0.25) is 0 Å². The normalized spacial score (nSPS) is 10.1. The number of carbonyl (C=O) groups is 1. The van der Waals surface area contributed by atoms with Gasteiger partial charge in [0.25, 0.3) is 0 Å². The Bertz CT molecular complexity index is 357.